The lowest BCUT2D eigenvalue weighted by Crippen LogP contribution is -2.48. The van der Waals surface area contributed by atoms with Gasteiger partial charge in [-0.15, -0.1) is 0 Å². The van der Waals surface area contributed by atoms with E-state index in [1.54, 1.807) is 11.3 Å². The summed E-state index contributed by atoms with van der Waals surface area (Å²) in [4.78, 5) is 15.0. The third-order valence-corrected chi connectivity index (χ3v) is 3.85. The van der Waals surface area contributed by atoms with Crippen molar-refractivity contribution in [2.24, 2.45) is 0 Å². The molecular weight excluding hydrogens is 236 g/mol. The zero-order valence-electron chi connectivity index (χ0n) is 9.84. The number of aliphatic carboxylic acids is 1. The predicted molar refractivity (Wildman–Crippen MR) is 68.5 cm³/mol. The molecule has 0 radical (unpaired) electrons. The zero-order chi connectivity index (χ0) is 12.1. The number of thiophene rings is 1. The molecule has 0 saturated carbocycles. The van der Waals surface area contributed by atoms with E-state index in [0.29, 0.717) is 0 Å². The van der Waals surface area contributed by atoms with E-state index < -0.39 is 5.97 Å². The van der Waals surface area contributed by atoms with Gasteiger partial charge in [0.05, 0.1) is 6.54 Å². The lowest BCUT2D eigenvalue weighted by atomic mass is 10.2. The lowest BCUT2D eigenvalue weighted by molar-refractivity contribution is -0.138. The Morgan fingerprint density at radius 3 is 2.59 bits per heavy atom. The van der Waals surface area contributed by atoms with E-state index in [-0.39, 0.29) is 6.54 Å². The van der Waals surface area contributed by atoms with Crippen molar-refractivity contribution in [2.45, 2.75) is 6.42 Å². The fourth-order valence-corrected chi connectivity index (χ4v) is 2.79. The summed E-state index contributed by atoms with van der Waals surface area (Å²) in [5.41, 5.74) is 1.41. The second-order valence-electron chi connectivity index (χ2n) is 4.39. The van der Waals surface area contributed by atoms with Crippen molar-refractivity contribution < 1.29 is 9.90 Å². The van der Waals surface area contributed by atoms with Gasteiger partial charge in [-0.25, -0.2) is 0 Å². The molecule has 1 aliphatic heterocycles. The second kappa shape index (κ2) is 6.14. The molecule has 0 amide bonds. The van der Waals surface area contributed by atoms with Crippen LogP contribution in [0.15, 0.2) is 16.8 Å². The minimum Gasteiger partial charge on any atom is -0.480 e. The van der Waals surface area contributed by atoms with Crippen LogP contribution in [0.1, 0.15) is 5.56 Å². The van der Waals surface area contributed by atoms with Crippen LogP contribution in [-0.2, 0) is 11.2 Å². The van der Waals surface area contributed by atoms with Gasteiger partial charge < -0.3 is 10.0 Å². The highest BCUT2D eigenvalue weighted by molar-refractivity contribution is 7.07. The summed E-state index contributed by atoms with van der Waals surface area (Å²) in [6.45, 7) is 4.97. The average molecular weight is 254 g/mol. The number of carbonyl (C=O) groups is 1. The topological polar surface area (TPSA) is 43.8 Å². The molecule has 94 valence electrons. The molecule has 1 saturated heterocycles. The Morgan fingerprint density at radius 2 is 2.00 bits per heavy atom. The van der Waals surface area contributed by atoms with E-state index in [9.17, 15) is 4.79 Å². The molecule has 1 fully saturated rings. The summed E-state index contributed by atoms with van der Waals surface area (Å²) in [6, 6.07) is 2.17. The van der Waals surface area contributed by atoms with Gasteiger partial charge in [-0.2, -0.15) is 11.3 Å². The monoisotopic (exact) mass is 254 g/mol. The minimum absolute atomic E-state index is 0.179. The largest absolute Gasteiger partial charge is 0.480 e. The van der Waals surface area contributed by atoms with Crippen molar-refractivity contribution in [3.63, 3.8) is 0 Å². The van der Waals surface area contributed by atoms with Crippen LogP contribution in [-0.4, -0.2) is 60.1 Å². The fourth-order valence-electron chi connectivity index (χ4n) is 2.08. The molecule has 2 rings (SSSR count). The highest BCUT2D eigenvalue weighted by Crippen LogP contribution is 2.08. The van der Waals surface area contributed by atoms with Crippen LogP contribution in [0.4, 0.5) is 0 Å². The number of rotatable bonds is 5. The lowest BCUT2D eigenvalue weighted by Gasteiger charge is -2.33. The molecule has 1 aromatic heterocycles. The summed E-state index contributed by atoms with van der Waals surface area (Å²) in [6.07, 6.45) is 1.10. The van der Waals surface area contributed by atoms with Gasteiger partial charge in [-0.05, 0) is 28.8 Å². The Morgan fingerprint density at radius 1 is 1.29 bits per heavy atom. The van der Waals surface area contributed by atoms with Crippen molar-refractivity contribution in [1.82, 2.24) is 9.80 Å². The standard InChI is InChI=1S/C12H18N2O2S/c15-12(16)9-14-6-4-13(5-7-14)3-1-11-2-8-17-10-11/h2,8,10H,1,3-7,9H2,(H,15,16). The molecule has 0 unspecified atom stereocenters. The molecule has 4 nitrogen and oxygen atoms in total. The highest BCUT2D eigenvalue weighted by Gasteiger charge is 2.18. The van der Waals surface area contributed by atoms with Crippen molar-refractivity contribution in [1.29, 1.82) is 0 Å². The summed E-state index contributed by atoms with van der Waals surface area (Å²) in [7, 11) is 0. The van der Waals surface area contributed by atoms with E-state index >= 15 is 0 Å². The van der Waals surface area contributed by atoms with Crippen LogP contribution in [0.2, 0.25) is 0 Å². The van der Waals surface area contributed by atoms with E-state index in [0.717, 1.165) is 39.1 Å². The Balaban J connectivity index is 1.67. The smallest absolute Gasteiger partial charge is 0.317 e. The normalized spacial score (nSPS) is 18.4. The maximum Gasteiger partial charge on any atom is 0.317 e. The third kappa shape index (κ3) is 4.11. The summed E-state index contributed by atoms with van der Waals surface area (Å²) >= 11 is 1.74. The molecule has 0 atom stereocenters. The molecule has 0 aliphatic carbocycles. The SMILES string of the molecule is O=C(O)CN1CCN(CCc2ccsc2)CC1. The minimum atomic E-state index is -0.725. The number of hydrogen-bond donors (Lipinski definition) is 1. The number of carboxylic acids is 1. The molecule has 1 N–H and O–H groups in total. The summed E-state index contributed by atoms with van der Waals surface area (Å²) in [5, 5.41) is 13.0. The zero-order valence-corrected chi connectivity index (χ0v) is 10.7. The van der Waals surface area contributed by atoms with Crippen molar-refractivity contribution in [3.05, 3.63) is 22.4 Å². The first-order valence-electron chi connectivity index (χ1n) is 5.91. The van der Waals surface area contributed by atoms with Crippen LogP contribution in [0, 0.1) is 0 Å². The molecule has 17 heavy (non-hydrogen) atoms. The molecule has 0 aromatic carbocycles. The second-order valence-corrected chi connectivity index (χ2v) is 5.17. The summed E-state index contributed by atoms with van der Waals surface area (Å²) < 4.78 is 0. The fraction of sp³-hybridized carbons (Fsp3) is 0.583. The van der Waals surface area contributed by atoms with Crippen LogP contribution < -0.4 is 0 Å². The van der Waals surface area contributed by atoms with Crippen molar-refractivity contribution in [2.75, 3.05) is 39.3 Å². The first-order chi connectivity index (χ1) is 8.24. The van der Waals surface area contributed by atoms with Crippen molar-refractivity contribution >= 4 is 17.3 Å². The maximum atomic E-state index is 10.6. The van der Waals surface area contributed by atoms with Gasteiger partial charge in [0, 0.05) is 32.7 Å². The maximum absolute atomic E-state index is 10.6. The number of carboxylic acid groups (broad SMARTS) is 1. The van der Waals surface area contributed by atoms with E-state index in [2.05, 4.69) is 21.7 Å². The van der Waals surface area contributed by atoms with Crippen LogP contribution in [0.5, 0.6) is 0 Å². The molecule has 1 aliphatic rings. The predicted octanol–water partition coefficient (Wildman–Crippen LogP) is 0.993. The molecule has 1 aromatic rings. The third-order valence-electron chi connectivity index (χ3n) is 3.12. The quantitative estimate of drug-likeness (QED) is 0.851. The van der Waals surface area contributed by atoms with Crippen molar-refractivity contribution in [3.8, 4) is 0 Å². The Hall–Kier alpha value is -0.910. The van der Waals surface area contributed by atoms with Crippen LogP contribution in [0.3, 0.4) is 0 Å². The number of nitrogens with zero attached hydrogens (tertiary/aromatic N) is 2. The number of hydrogen-bond acceptors (Lipinski definition) is 4. The van der Waals surface area contributed by atoms with Gasteiger partial charge in [0.2, 0.25) is 0 Å². The van der Waals surface area contributed by atoms with Crippen LogP contribution >= 0.6 is 11.3 Å². The van der Waals surface area contributed by atoms with Gasteiger partial charge in [-0.3, -0.25) is 9.69 Å². The highest BCUT2D eigenvalue weighted by atomic mass is 32.1. The molecule has 0 spiro atoms. The van der Waals surface area contributed by atoms with E-state index in [1.165, 1.54) is 5.56 Å². The van der Waals surface area contributed by atoms with Gasteiger partial charge in [-0.1, -0.05) is 0 Å². The van der Waals surface area contributed by atoms with Gasteiger partial charge >= 0.3 is 5.97 Å². The first-order valence-corrected chi connectivity index (χ1v) is 6.86. The molecule has 5 heteroatoms. The number of piperazine rings is 1. The average Bonchev–Trinajstić information content (AvgIpc) is 2.80. The Bertz CT molecular complexity index is 345. The molecule has 0 bridgehead atoms. The summed E-state index contributed by atoms with van der Waals surface area (Å²) in [5.74, 6) is -0.725. The van der Waals surface area contributed by atoms with Gasteiger partial charge in [0.25, 0.3) is 0 Å². The Labute approximate surface area is 105 Å². The first kappa shape index (κ1) is 12.5. The van der Waals surface area contributed by atoms with Crippen LogP contribution in [0.25, 0.3) is 0 Å². The Kier molecular flexibility index (Phi) is 4.53. The van der Waals surface area contributed by atoms with E-state index in [4.69, 9.17) is 5.11 Å². The van der Waals surface area contributed by atoms with Gasteiger partial charge in [0.1, 0.15) is 0 Å². The molecular formula is C12H18N2O2S. The van der Waals surface area contributed by atoms with E-state index in [1.807, 2.05) is 4.90 Å². The van der Waals surface area contributed by atoms with Gasteiger partial charge in [0.15, 0.2) is 0 Å². The molecule has 2 heterocycles.